The van der Waals surface area contributed by atoms with E-state index in [1.807, 2.05) is 0 Å². The van der Waals surface area contributed by atoms with Crippen molar-refractivity contribution in [2.45, 2.75) is 32.7 Å². The van der Waals surface area contributed by atoms with Gasteiger partial charge in [0.05, 0.1) is 15.2 Å². The summed E-state index contributed by atoms with van der Waals surface area (Å²) < 4.78 is 1.25. The standard InChI is InChI=1S/C12H16N2S/c1-12(2,3)11-14-9-6-8(7-13)4-5-10(9)15-11/h4-6H,7,13H2,1-3H3. The van der Waals surface area contributed by atoms with Gasteiger partial charge in [-0.2, -0.15) is 0 Å². The van der Waals surface area contributed by atoms with Crippen LogP contribution in [-0.2, 0) is 12.0 Å². The molecule has 80 valence electrons. The molecule has 1 aromatic carbocycles. The van der Waals surface area contributed by atoms with Gasteiger partial charge in [-0.3, -0.25) is 0 Å². The Morgan fingerprint density at radius 1 is 1.33 bits per heavy atom. The molecule has 3 heteroatoms. The molecule has 0 amide bonds. The third-order valence-corrected chi connectivity index (χ3v) is 3.79. The predicted octanol–water partition coefficient (Wildman–Crippen LogP) is 3.05. The van der Waals surface area contributed by atoms with E-state index in [0.717, 1.165) is 11.1 Å². The smallest absolute Gasteiger partial charge is 0.0992 e. The number of fused-ring (bicyclic) bond motifs is 1. The molecule has 0 aliphatic heterocycles. The van der Waals surface area contributed by atoms with Gasteiger partial charge in [-0.05, 0) is 17.7 Å². The number of hydrogen-bond donors (Lipinski definition) is 1. The molecule has 0 radical (unpaired) electrons. The summed E-state index contributed by atoms with van der Waals surface area (Å²) in [5.74, 6) is 0. The molecule has 0 fully saturated rings. The Kier molecular flexibility index (Phi) is 2.52. The highest BCUT2D eigenvalue weighted by molar-refractivity contribution is 7.18. The van der Waals surface area contributed by atoms with Crippen molar-refractivity contribution in [3.8, 4) is 0 Å². The minimum atomic E-state index is 0.132. The number of nitrogens with two attached hydrogens (primary N) is 1. The SMILES string of the molecule is CC(C)(C)c1nc2cc(CN)ccc2s1. The Morgan fingerprint density at radius 2 is 2.07 bits per heavy atom. The molecule has 2 N–H and O–H groups in total. The second-order valence-electron chi connectivity index (χ2n) is 4.78. The zero-order chi connectivity index (χ0) is 11.1. The maximum Gasteiger partial charge on any atom is 0.0992 e. The zero-order valence-electron chi connectivity index (χ0n) is 9.37. The van der Waals surface area contributed by atoms with E-state index in [1.54, 1.807) is 11.3 Å². The Morgan fingerprint density at radius 3 is 2.67 bits per heavy atom. The number of benzene rings is 1. The lowest BCUT2D eigenvalue weighted by Gasteiger charge is -2.13. The fraction of sp³-hybridized carbons (Fsp3) is 0.417. The fourth-order valence-electron chi connectivity index (χ4n) is 1.42. The first-order chi connectivity index (χ1) is 7.00. The summed E-state index contributed by atoms with van der Waals surface area (Å²) >= 11 is 1.77. The van der Waals surface area contributed by atoms with E-state index in [4.69, 9.17) is 5.73 Å². The topological polar surface area (TPSA) is 38.9 Å². The van der Waals surface area contributed by atoms with Crippen LogP contribution < -0.4 is 5.73 Å². The van der Waals surface area contributed by atoms with Crippen LogP contribution in [0.2, 0.25) is 0 Å². The fourth-order valence-corrected chi connectivity index (χ4v) is 2.42. The first-order valence-electron chi connectivity index (χ1n) is 5.11. The average Bonchev–Trinajstić information content (AvgIpc) is 2.59. The molecule has 0 saturated heterocycles. The molecule has 0 atom stereocenters. The van der Waals surface area contributed by atoms with Crippen LogP contribution >= 0.6 is 11.3 Å². The lowest BCUT2D eigenvalue weighted by molar-refractivity contribution is 0.587. The van der Waals surface area contributed by atoms with E-state index in [2.05, 4.69) is 44.0 Å². The maximum atomic E-state index is 5.61. The van der Waals surface area contributed by atoms with E-state index in [1.165, 1.54) is 9.71 Å². The maximum absolute atomic E-state index is 5.61. The van der Waals surface area contributed by atoms with Gasteiger partial charge in [-0.1, -0.05) is 26.8 Å². The molecular formula is C12H16N2S. The minimum Gasteiger partial charge on any atom is -0.326 e. The van der Waals surface area contributed by atoms with Gasteiger partial charge in [0.2, 0.25) is 0 Å². The predicted molar refractivity (Wildman–Crippen MR) is 66.2 cm³/mol. The number of rotatable bonds is 1. The van der Waals surface area contributed by atoms with Crippen molar-refractivity contribution in [2.75, 3.05) is 0 Å². The molecule has 1 aromatic heterocycles. The highest BCUT2D eigenvalue weighted by atomic mass is 32.1. The van der Waals surface area contributed by atoms with Crippen molar-refractivity contribution in [1.82, 2.24) is 4.98 Å². The summed E-state index contributed by atoms with van der Waals surface area (Å²) in [5.41, 5.74) is 7.96. The first-order valence-corrected chi connectivity index (χ1v) is 5.92. The van der Waals surface area contributed by atoms with Gasteiger partial charge < -0.3 is 5.73 Å². The molecule has 0 bridgehead atoms. The van der Waals surface area contributed by atoms with Crippen molar-refractivity contribution < 1.29 is 0 Å². The van der Waals surface area contributed by atoms with Gasteiger partial charge in [0.15, 0.2) is 0 Å². The van der Waals surface area contributed by atoms with Crippen LogP contribution in [0.4, 0.5) is 0 Å². The highest BCUT2D eigenvalue weighted by Crippen LogP contribution is 2.31. The van der Waals surface area contributed by atoms with E-state index in [-0.39, 0.29) is 5.41 Å². The van der Waals surface area contributed by atoms with E-state index < -0.39 is 0 Å². The molecule has 0 unspecified atom stereocenters. The largest absolute Gasteiger partial charge is 0.326 e. The van der Waals surface area contributed by atoms with Crippen LogP contribution in [0.1, 0.15) is 31.3 Å². The lowest BCUT2D eigenvalue weighted by Crippen LogP contribution is -2.09. The monoisotopic (exact) mass is 220 g/mol. The Balaban J connectivity index is 2.56. The van der Waals surface area contributed by atoms with Gasteiger partial charge in [-0.15, -0.1) is 11.3 Å². The van der Waals surface area contributed by atoms with Gasteiger partial charge in [0.25, 0.3) is 0 Å². The van der Waals surface area contributed by atoms with Crippen LogP contribution in [-0.4, -0.2) is 4.98 Å². The van der Waals surface area contributed by atoms with Gasteiger partial charge in [0.1, 0.15) is 0 Å². The van der Waals surface area contributed by atoms with Crippen molar-refractivity contribution in [3.05, 3.63) is 28.8 Å². The number of hydrogen-bond acceptors (Lipinski definition) is 3. The second kappa shape index (κ2) is 3.58. The van der Waals surface area contributed by atoms with E-state index in [9.17, 15) is 0 Å². The average molecular weight is 220 g/mol. The van der Waals surface area contributed by atoms with Gasteiger partial charge in [-0.25, -0.2) is 4.98 Å². The van der Waals surface area contributed by atoms with Crippen LogP contribution in [0.3, 0.4) is 0 Å². The molecule has 0 aliphatic carbocycles. The summed E-state index contributed by atoms with van der Waals surface area (Å²) in [6, 6.07) is 6.28. The summed E-state index contributed by atoms with van der Waals surface area (Å²) in [6.45, 7) is 7.15. The molecule has 1 heterocycles. The van der Waals surface area contributed by atoms with Crippen LogP contribution in [0.5, 0.6) is 0 Å². The quantitative estimate of drug-likeness (QED) is 0.802. The molecule has 2 nitrogen and oxygen atoms in total. The Hall–Kier alpha value is -0.930. The number of thiazole rings is 1. The normalized spacial score (nSPS) is 12.3. The zero-order valence-corrected chi connectivity index (χ0v) is 10.2. The molecule has 0 saturated carbocycles. The van der Waals surface area contributed by atoms with Crippen molar-refractivity contribution in [2.24, 2.45) is 5.73 Å². The van der Waals surface area contributed by atoms with Crippen LogP contribution in [0.15, 0.2) is 18.2 Å². The molecular weight excluding hydrogens is 204 g/mol. The Labute approximate surface area is 94.1 Å². The van der Waals surface area contributed by atoms with E-state index in [0.29, 0.717) is 6.54 Å². The van der Waals surface area contributed by atoms with Gasteiger partial charge >= 0.3 is 0 Å². The summed E-state index contributed by atoms with van der Waals surface area (Å²) in [7, 11) is 0. The minimum absolute atomic E-state index is 0.132. The second-order valence-corrected chi connectivity index (χ2v) is 5.81. The first kappa shape index (κ1) is 10.6. The molecule has 15 heavy (non-hydrogen) atoms. The third-order valence-electron chi connectivity index (χ3n) is 2.33. The van der Waals surface area contributed by atoms with Crippen LogP contribution in [0, 0.1) is 0 Å². The van der Waals surface area contributed by atoms with Crippen molar-refractivity contribution in [1.29, 1.82) is 0 Å². The Bertz CT molecular complexity index is 480. The summed E-state index contributed by atoms with van der Waals surface area (Å²) in [6.07, 6.45) is 0. The highest BCUT2D eigenvalue weighted by Gasteiger charge is 2.18. The molecule has 2 aromatic rings. The molecule has 0 aliphatic rings. The van der Waals surface area contributed by atoms with Crippen LogP contribution in [0.25, 0.3) is 10.2 Å². The van der Waals surface area contributed by atoms with Gasteiger partial charge in [0, 0.05) is 12.0 Å². The van der Waals surface area contributed by atoms with Crippen molar-refractivity contribution in [3.63, 3.8) is 0 Å². The lowest BCUT2D eigenvalue weighted by atomic mass is 9.98. The van der Waals surface area contributed by atoms with E-state index >= 15 is 0 Å². The summed E-state index contributed by atoms with van der Waals surface area (Å²) in [5, 5.41) is 1.19. The number of nitrogens with zero attached hydrogens (tertiary/aromatic N) is 1. The molecule has 0 spiro atoms. The molecule has 2 rings (SSSR count). The van der Waals surface area contributed by atoms with Crippen molar-refractivity contribution >= 4 is 21.6 Å². The third kappa shape index (κ3) is 2.03. The summed E-state index contributed by atoms with van der Waals surface area (Å²) in [4.78, 5) is 4.66. The number of aromatic nitrogens is 1.